The Morgan fingerprint density at radius 3 is 2.06 bits per heavy atom. The van der Waals surface area contributed by atoms with Gasteiger partial charge >= 0.3 is 6.80 Å². The Balaban J connectivity index is 2.43. The van der Waals surface area contributed by atoms with Crippen LogP contribution in [0, 0.1) is 0 Å². The van der Waals surface area contributed by atoms with Crippen molar-refractivity contribution >= 4 is 18.2 Å². The topological polar surface area (TPSA) is 54.0 Å². The molecule has 5 nitrogen and oxygen atoms in total. The third-order valence-electron chi connectivity index (χ3n) is 1.68. The summed E-state index contributed by atoms with van der Waals surface area (Å²) in [6, 6.07) is 0. The highest BCUT2D eigenvalue weighted by Gasteiger charge is 2.25. The summed E-state index contributed by atoms with van der Waals surface area (Å²) in [6.07, 6.45) is 1.66. The molecule has 0 spiro atoms. The Hall–Kier alpha value is 0.160. The van der Waals surface area contributed by atoms with E-state index in [0.717, 1.165) is 11.4 Å². The van der Waals surface area contributed by atoms with Crippen LogP contribution in [0.3, 0.4) is 0 Å². The molecule has 1 heterocycles. The average Bonchev–Trinajstić information content (AvgIpc) is 2.33. The number of ether oxygens (including phenoxy) is 2. The molecule has 0 amide bonds. The fourth-order valence-electron chi connectivity index (χ4n) is 0.994. The Kier molecular flexibility index (Phi) is 7.36. The lowest BCUT2D eigenvalue weighted by Crippen LogP contribution is -2.08. The maximum absolute atomic E-state index is 12.1. The summed E-state index contributed by atoms with van der Waals surface area (Å²) in [4.78, 5) is 0. The van der Waals surface area contributed by atoms with Crippen molar-refractivity contribution in [2.75, 3.05) is 45.4 Å². The molecular weight excluding hydrogens is 251 g/mol. The molecule has 1 aliphatic heterocycles. The monoisotopic (exact) mass is 268 g/mol. The van der Waals surface area contributed by atoms with Crippen molar-refractivity contribution in [2.24, 2.45) is 0 Å². The second-order valence-electron chi connectivity index (χ2n) is 2.92. The summed E-state index contributed by atoms with van der Waals surface area (Å²) >= 11 is 1.13. The van der Waals surface area contributed by atoms with Crippen LogP contribution in [0.1, 0.15) is 0 Å². The van der Waals surface area contributed by atoms with Gasteiger partial charge in [-0.25, -0.2) is 4.57 Å². The molecule has 0 aromatic carbocycles. The highest BCUT2D eigenvalue weighted by molar-refractivity contribution is 8.55. The van der Waals surface area contributed by atoms with Gasteiger partial charge in [0, 0.05) is 5.75 Å². The summed E-state index contributed by atoms with van der Waals surface area (Å²) in [5.41, 5.74) is 0. The van der Waals surface area contributed by atoms with E-state index in [4.69, 9.17) is 18.5 Å². The van der Waals surface area contributed by atoms with Crippen LogP contribution in [0.2, 0.25) is 0 Å². The van der Waals surface area contributed by atoms with E-state index in [-0.39, 0.29) is 13.2 Å². The van der Waals surface area contributed by atoms with Crippen LogP contribution in [0.25, 0.3) is 0 Å². The van der Waals surface area contributed by atoms with Gasteiger partial charge in [-0.3, -0.25) is 9.05 Å². The van der Waals surface area contributed by atoms with E-state index in [1.54, 1.807) is 6.08 Å². The zero-order valence-corrected chi connectivity index (χ0v) is 10.8. The van der Waals surface area contributed by atoms with Crippen molar-refractivity contribution in [3.63, 3.8) is 0 Å². The molecule has 1 saturated heterocycles. The molecule has 16 heavy (non-hydrogen) atoms. The Labute approximate surface area is 99.8 Å². The number of hydrogen-bond acceptors (Lipinski definition) is 6. The van der Waals surface area contributed by atoms with Crippen LogP contribution in [-0.2, 0) is 23.1 Å². The van der Waals surface area contributed by atoms with E-state index in [1.165, 1.54) is 0 Å². The van der Waals surface area contributed by atoms with Gasteiger partial charge in [0.1, 0.15) is 0 Å². The molecule has 0 N–H and O–H groups in total. The summed E-state index contributed by atoms with van der Waals surface area (Å²) in [6.45, 7) is 2.84. The minimum Gasteiger partial charge on any atom is -0.377 e. The van der Waals surface area contributed by atoms with E-state index in [2.05, 4.69) is 6.58 Å². The molecule has 1 aliphatic rings. The molecule has 0 atom stereocenters. The van der Waals surface area contributed by atoms with Crippen molar-refractivity contribution in [1.29, 1.82) is 0 Å². The molecular formula is C9H17O5PS. The standard InChI is InChI=1S/C9H17O5PS/c1-2-9-16-15(10)13-7-5-11-3-4-12-6-8-14-15/h2H,1,3-9H2. The normalized spacial score (nSPS) is 23.2. The maximum Gasteiger partial charge on any atom is 0.389 e. The second kappa shape index (κ2) is 8.28. The molecule has 0 saturated carbocycles. The highest BCUT2D eigenvalue weighted by atomic mass is 32.7. The van der Waals surface area contributed by atoms with Crippen molar-refractivity contribution in [3.05, 3.63) is 12.7 Å². The van der Waals surface area contributed by atoms with Crippen molar-refractivity contribution < 1.29 is 23.1 Å². The molecule has 1 rings (SSSR count). The molecule has 0 aliphatic carbocycles. The van der Waals surface area contributed by atoms with E-state index < -0.39 is 6.80 Å². The van der Waals surface area contributed by atoms with Crippen LogP contribution in [0.15, 0.2) is 12.7 Å². The summed E-state index contributed by atoms with van der Waals surface area (Å²) in [5.74, 6) is 0.527. The lowest BCUT2D eigenvalue weighted by molar-refractivity contribution is 0.0375. The van der Waals surface area contributed by atoms with Crippen molar-refractivity contribution in [3.8, 4) is 0 Å². The fraction of sp³-hybridized carbons (Fsp3) is 0.778. The Morgan fingerprint density at radius 2 is 1.56 bits per heavy atom. The van der Waals surface area contributed by atoms with Crippen LogP contribution in [0.5, 0.6) is 0 Å². The molecule has 94 valence electrons. The van der Waals surface area contributed by atoms with E-state index >= 15 is 0 Å². The van der Waals surface area contributed by atoms with E-state index in [9.17, 15) is 4.57 Å². The lowest BCUT2D eigenvalue weighted by Gasteiger charge is -2.16. The summed E-state index contributed by atoms with van der Waals surface area (Å²) < 4.78 is 33.0. The van der Waals surface area contributed by atoms with Crippen LogP contribution in [-0.4, -0.2) is 45.4 Å². The molecule has 0 aromatic rings. The van der Waals surface area contributed by atoms with Crippen LogP contribution in [0.4, 0.5) is 0 Å². The maximum atomic E-state index is 12.1. The van der Waals surface area contributed by atoms with Gasteiger partial charge in [0.25, 0.3) is 0 Å². The summed E-state index contributed by atoms with van der Waals surface area (Å²) in [7, 11) is 0. The van der Waals surface area contributed by atoms with E-state index in [1.807, 2.05) is 0 Å². The smallest absolute Gasteiger partial charge is 0.377 e. The zero-order valence-electron chi connectivity index (χ0n) is 9.13. The third kappa shape index (κ3) is 6.03. The molecule has 7 heteroatoms. The van der Waals surface area contributed by atoms with Gasteiger partial charge in [-0.05, 0) is 11.4 Å². The first kappa shape index (κ1) is 14.2. The lowest BCUT2D eigenvalue weighted by atomic mass is 10.7. The molecule has 0 radical (unpaired) electrons. The fourth-order valence-corrected chi connectivity index (χ4v) is 3.86. The SMILES string of the molecule is C=CCSP1(=O)OCCOCCOCCO1. The van der Waals surface area contributed by atoms with Gasteiger partial charge in [-0.15, -0.1) is 6.58 Å². The molecule has 1 fully saturated rings. The third-order valence-corrected chi connectivity index (χ3v) is 5.40. The minimum atomic E-state index is -3.08. The van der Waals surface area contributed by atoms with Gasteiger partial charge in [-0.1, -0.05) is 6.08 Å². The zero-order chi connectivity index (χ0) is 11.7. The number of hydrogen-bond donors (Lipinski definition) is 0. The predicted molar refractivity (Wildman–Crippen MR) is 63.8 cm³/mol. The largest absolute Gasteiger partial charge is 0.389 e. The van der Waals surface area contributed by atoms with Gasteiger partial charge in [-0.2, -0.15) is 0 Å². The van der Waals surface area contributed by atoms with Gasteiger partial charge in [0.2, 0.25) is 0 Å². The first-order valence-corrected chi connectivity index (χ1v) is 8.20. The second-order valence-corrected chi connectivity index (χ2v) is 7.04. The van der Waals surface area contributed by atoms with Crippen LogP contribution < -0.4 is 0 Å². The average molecular weight is 268 g/mol. The number of rotatable bonds is 3. The first-order chi connectivity index (χ1) is 7.77. The molecule has 0 bridgehead atoms. The van der Waals surface area contributed by atoms with Crippen LogP contribution >= 0.6 is 18.2 Å². The minimum absolute atomic E-state index is 0.265. The highest BCUT2D eigenvalue weighted by Crippen LogP contribution is 2.60. The quantitative estimate of drug-likeness (QED) is 0.577. The predicted octanol–water partition coefficient (Wildman–Crippen LogP) is 2.09. The Bertz CT molecular complexity index is 232. The summed E-state index contributed by atoms with van der Waals surface area (Å²) in [5, 5.41) is 0. The molecule has 0 unspecified atom stereocenters. The van der Waals surface area contributed by atoms with Crippen molar-refractivity contribution in [1.82, 2.24) is 0 Å². The van der Waals surface area contributed by atoms with Gasteiger partial charge in [0.15, 0.2) is 0 Å². The first-order valence-electron chi connectivity index (χ1n) is 5.07. The Morgan fingerprint density at radius 1 is 1.06 bits per heavy atom. The molecule has 0 aromatic heterocycles. The van der Waals surface area contributed by atoms with Crippen molar-refractivity contribution in [2.45, 2.75) is 0 Å². The van der Waals surface area contributed by atoms with Gasteiger partial charge in [0.05, 0.1) is 39.6 Å². The van der Waals surface area contributed by atoms with E-state index in [0.29, 0.717) is 32.2 Å². The van der Waals surface area contributed by atoms with Gasteiger partial charge < -0.3 is 9.47 Å².